The summed E-state index contributed by atoms with van der Waals surface area (Å²) >= 11 is 0. The highest BCUT2D eigenvalue weighted by atomic mass is 16.2. The minimum Gasteiger partial charge on any atom is -0.274 e. The van der Waals surface area contributed by atoms with E-state index in [9.17, 15) is 9.59 Å². The van der Waals surface area contributed by atoms with Crippen LogP contribution in [0, 0.1) is 23.7 Å². The van der Waals surface area contributed by atoms with Gasteiger partial charge in [0.05, 0.1) is 17.5 Å². The maximum atomic E-state index is 13.5. The second kappa shape index (κ2) is 5.78. The number of rotatable bonds is 2. The van der Waals surface area contributed by atoms with Gasteiger partial charge in [0.2, 0.25) is 11.8 Å². The number of amides is 2. The molecule has 3 aliphatic rings. The van der Waals surface area contributed by atoms with Crippen molar-refractivity contribution in [2.75, 3.05) is 4.90 Å². The number of hydrogen-bond donors (Lipinski definition) is 0. The number of imide groups is 1. The summed E-state index contributed by atoms with van der Waals surface area (Å²) in [5, 5.41) is 2.03. The van der Waals surface area contributed by atoms with Crippen LogP contribution in [-0.2, 0) is 9.59 Å². The van der Waals surface area contributed by atoms with Crippen molar-refractivity contribution in [1.82, 2.24) is 0 Å². The third kappa shape index (κ3) is 2.05. The summed E-state index contributed by atoms with van der Waals surface area (Å²) in [5.41, 5.74) is 2.07. The molecule has 3 fully saturated rings. The quantitative estimate of drug-likeness (QED) is 0.612. The predicted molar refractivity (Wildman–Crippen MR) is 109 cm³/mol. The fraction of sp³-hybridized carbons (Fsp3) is 0.280. The molecule has 0 radical (unpaired) electrons. The second-order valence-corrected chi connectivity index (χ2v) is 8.47. The number of benzene rings is 3. The Morgan fingerprint density at radius 3 is 2.29 bits per heavy atom. The Bertz CT molecular complexity index is 1100. The largest absolute Gasteiger partial charge is 0.274 e. The Morgan fingerprint density at radius 2 is 1.43 bits per heavy atom. The Kier molecular flexibility index (Phi) is 3.31. The lowest BCUT2D eigenvalue weighted by molar-refractivity contribution is -0.123. The van der Waals surface area contributed by atoms with Crippen LogP contribution < -0.4 is 4.90 Å². The third-order valence-corrected chi connectivity index (χ3v) is 7.25. The summed E-state index contributed by atoms with van der Waals surface area (Å²) in [6.07, 6.45) is 2.04. The van der Waals surface area contributed by atoms with E-state index in [0.717, 1.165) is 29.3 Å². The molecule has 0 unspecified atom stereocenters. The summed E-state index contributed by atoms with van der Waals surface area (Å²) < 4.78 is 0. The van der Waals surface area contributed by atoms with Gasteiger partial charge in [-0.05, 0) is 47.6 Å². The highest BCUT2D eigenvalue weighted by Crippen LogP contribution is 2.62. The van der Waals surface area contributed by atoms with Gasteiger partial charge in [0.1, 0.15) is 0 Å². The highest BCUT2D eigenvalue weighted by molar-refractivity contribution is 6.25. The van der Waals surface area contributed by atoms with E-state index < -0.39 is 0 Å². The molecule has 3 nitrogen and oxygen atoms in total. The topological polar surface area (TPSA) is 37.4 Å². The second-order valence-electron chi connectivity index (χ2n) is 8.47. The van der Waals surface area contributed by atoms with E-state index in [2.05, 4.69) is 24.3 Å². The molecule has 6 rings (SSSR count). The van der Waals surface area contributed by atoms with Gasteiger partial charge in [-0.2, -0.15) is 0 Å². The van der Waals surface area contributed by atoms with E-state index in [-0.39, 0.29) is 29.6 Å². The Balaban J connectivity index is 1.41. The number of carbonyl (C=O) groups is 2. The van der Waals surface area contributed by atoms with E-state index in [4.69, 9.17) is 0 Å². The van der Waals surface area contributed by atoms with Crippen molar-refractivity contribution in [2.45, 2.75) is 18.8 Å². The SMILES string of the molecule is O=C1[C@@H]2[C@@H]3C[C@H]([C@H]2C(=O)N1c1cccc2ccccc12)[C@@H](c1ccccc1)C3. The lowest BCUT2D eigenvalue weighted by Crippen LogP contribution is -2.33. The predicted octanol–water partition coefficient (Wildman–Crippen LogP) is 4.77. The van der Waals surface area contributed by atoms with Crippen molar-refractivity contribution in [3.05, 3.63) is 78.4 Å². The van der Waals surface area contributed by atoms with Crippen molar-refractivity contribution in [3.8, 4) is 0 Å². The van der Waals surface area contributed by atoms with E-state index >= 15 is 0 Å². The van der Waals surface area contributed by atoms with Gasteiger partial charge < -0.3 is 0 Å². The van der Waals surface area contributed by atoms with Crippen LogP contribution in [0.25, 0.3) is 10.8 Å². The van der Waals surface area contributed by atoms with Gasteiger partial charge in [0, 0.05) is 5.39 Å². The van der Waals surface area contributed by atoms with Gasteiger partial charge >= 0.3 is 0 Å². The molecule has 2 saturated carbocycles. The van der Waals surface area contributed by atoms with Gasteiger partial charge in [0.25, 0.3) is 0 Å². The molecule has 1 aliphatic heterocycles. The Hall–Kier alpha value is -2.94. The van der Waals surface area contributed by atoms with Crippen LogP contribution in [0.3, 0.4) is 0 Å². The molecule has 3 heteroatoms. The van der Waals surface area contributed by atoms with Crippen LogP contribution in [0.1, 0.15) is 24.3 Å². The Labute approximate surface area is 164 Å². The minimum atomic E-state index is -0.157. The van der Waals surface area contributed by atoms with Crippen molar-refractivity contribution in [3.63, 3.8) is 0 Å². The molecule has 0 N–H and O–H groups in total. The standard InChI is InChI=1S/C25H21NO2/c27-24-22-17-13-19(16-7-2-1-3-8-16)20(14-17)23(22)25(28)26(24)21-12-6-10-15-9-4-5-11-18(15)21/h1-12,17,19-20,22-23H,13-14H2/t17-,19+,20-,22+,23+/m0/s1. The van der Waals surface area contributed by atoms with Crippen molar-refractivity contribution in [1.29, 1.82) is 0 Å². The number of carbonyl (C=O) groups excluding carboxylic acids is 2. The lowest BCUT2D eigenvalue weighted by Gasteiger charge is -2.28. The summed E-state index contributed by atoms with van der Waals surface area (Å²) in [6, 6.07) is 24.4. The van der Waals surface area contributed by atoms with Gasteiger partial charge in [0.15, 0.2) is 0 Å². The molecule has 138 valence electrons. The molecule has 0 spiro atoms. The lowest BCUT2D eigenvalue weighted by atomic mass is 9.73. The van der Waals surface area contributed by atoms with Gasteiger partial charge in [-0.25, -0.2) is 4.90 Å². The number of anilines is 1. The zero-order valence-corrected chi connectivity index (χ0v) is 15.5. The molecule has 3 aromatic carbocycles. The van der Waals surface area contributed by atoms with Gasteiger partial charge in [-0.3, -0.25) is 9.59 Å². The monoisotopic (exact) mass is 367 g/mol. The fourth-order valence-electron chi connectivity index (χ4n) is 6.18. The molecule has 28 heavy (non-hydrogen) atoms. The molecule has 1 saturated heterocycles. The van der Waals surface area contributed by atoms with E-state index in [1.54, 1.807) is 0 Å². The van der Waals surface area contributed by atoms with Crippen LogP contribution in [0.15, 0.2) is 72.8 Å². The summed E-state index contributed by atoms with van der Waals surface area (Å²) in [7, 11) is 0. The van der Waals surface area contributed by atoms with Crippen molar-refractivity contribution < 1.29 is 9.59 Å². The zero-order chi connectivity index (χ0) is 18.8. The van der Waals surface area contributed by atoms with Gasteiger partial charge in [-0.1, -0.05) is 66.7 Å². The summed E-state index contributed by atoms with van der Waals surface area (Å²) in [4.78, 5) is 28.4. The van der Waals surface area contributed by atoms with Crippen molar-refractivity contribution in [2.24, 2.45) is 23.7 Å². The average molecular weight is 367 g/mol. The highest BCUT2D eigenvalue weighted by Gasteiger charge is 2.64. The number of fused-ring (bicyclic) bond motifs is 6. The Morgan fingerprint density at radius 1 is 0.714 bits per heavy atom. The summed E-state index contributed by atoms with van der Waals surface area (Å²) in [5.74, 6) is 0.763. The first-order chi connectivity index (χ1) is 13.7. The molecule has 1 heterocycles. The smallest absolute Gasteiger partial charge is 0.238 e. The number of nitrogens with zero attached hydrogens (tertiary/aromatic N) is 1. The van der Waals surface area contributed by atoms with Crippen LogP contribution >= 0.6 is 0 Å². The molecule has 2 aliphatic carbocycles. The molecule has 2 amide bonds. The van der Waals surface area contributed by atoms with E-state index in [1.165, 1.54) is 10.5 Å². The van der Waals surface area contributed by atoms with E-state index in [1.807, 2.05) is 48.5 Å². The molecule has 5 atom stereocenters. The summed E-state index contributed by atoms with van der Waals surface area (Å²) in [6.45, 7) is 0. The average Bonchev–Trinajstić information content (AvgIpc) is 3.40. The van der Waals surface area contributed by atoms with Crippen LogP contribution in [0.5, 0.6) is 0 Å². The van der Waals surface area contributed by atoms with E-state index in [0.29, 0.717) is 11.8 Å². The van der Waals surface area contributed by atoms with Crippen LogP contribution in [-0.4, -0.2) is 11.8 Å². The fourth-order valence-corrected chi connectivity index (χ4v) is 6.18. The van der Waals surface area contributed by atoms with Crippen LogP contribution in [0.4, 0.5) is 5.69 Å². The molecular formula is C25H21NO2. The molecule has 2 bridgehead atoms. The molecular weight excluding hydrogens is 346 g/mol. The molecule has 3 aromatic rings. The first-order valence-corrected chi connectivity index (χ1v) is 10.1. The maximum Gasteiger partial charge on any atom is 0.238 e. The maximum absolute atomic E-state index is 13.5. The normalized spacial score (nSPS) is 31.0. The first kappa shape index (κ1) is 16.1. The van der Waals surface area contributed by atoms with Gasteiger partial charge in [-0.15, -0.1) is 0 Å². The first-order valence-electron chi connectivity index (χ1n) is 10.1. The van der Waals surface area contributed by atoms with Crippen LogP contribution in [0.2, 0.25) is 0 Å². The van der Waals surface area contributed by atoms with Crippen molar-refractivity contribution >= 4 is 28.3 Å². The third-order valence-electron chi connectivity index (χ3n) is 7.25. The zero-order valence-electron chi connectivity index (χ0n) is 15.5. The minimum absolute atomic E-state index is 0.0134. The number of hydrogen-bond acceptors (Lipinski definition) is 2. The molecule has 0 aromatic heterocycles.